The van der Waals surface area contributed by atoms with E-state index in [0.717, 1.165) is 12.8 Å². The van der Waals surface area contributed by atoms with Crippen LogP contribution in [0.25, 0.3) is 0 Å². The predicted octanol–water partition coefficient (Wildman–Crippen LogP) is 2.90. The molecule has 148 valence electrons. The van der Waals surface area contributed by atoms with Crippen molar-refractivity contribution in [2.45, 2.75) is 25.7 Å². The fourth-order valence-corrected chi connectivity index (χ4v) is 3.74. The van der Waals surface area contributed by atoms with Gasteiger partial charge in [0.25, 0.3) is 0 Å². The van der Waals surface area contributed by atoms with E-state index in [1.54, 1.807) is 23.9 Å². The first-order valence-electron chi connectivity index (χ1n) is 9.38. The highest BCUT2D eigenvalue weighted by Gasteiger charge is 2.28. The minimum absolute atomic E-state index is 0.0130. The molecule has 3 amide bonds. The molecule has 2 aliphatic rings. The first-order chi connectivity index (χ1) is 12.9. The fraction of sp³-hybridized carbons (Fsp3) is 0.579. The Kier molecular flexibility index (Phi) is 5.82. The third kappa shape index (κ3) is 4.31. The van der Waals surface area contributed by atoms with Gasteiger partial charge < -0.3 is 20.0 Å². The van der Waals surface area contributed by atoms with Crippen molar-refractivity contribution >= 4 is 23.3 Å². The largest absolute Gasteiger partial charge is 0.367 e. The number of piperidine rings is 1. The van der Waals surface area contributed by atoms with Crippen LogP contribution < -0.4 is 10.2 Å². The Morgan fingerprint density at radius 3 is 2.11 bits per heavy atom. The van der Waals surface area contributed by atoms with Gasteiger partial charge >= 0.3 is 6.03 Å². The summed E-state index contributed by atoms with van der Waals surface area (Å²) in [6.07, 6.45) is 2.91. The number of carbonyl (C=O) groups is 2. The Morgan fingerprint density at radius 2 is 1.59 bits per heavy atom. The Morgan fingerprint density at radius 1 is 1.04 bits per heavy atom. The number of nitrogens with zero attached hydrogens (tertiary/aromatic N) is 3. The molecule has 8 heteroatoms. The zero-order chi connectivity index (χ0) is 19.6. The SMILES string of the molecule is CN(C)C(=O)N1CCC(C(=O)Nc2cc(F)c(N3CCCC3)c(F)c2)CC1. The van der Waals surface area contributed by atoms with Crippen LogP contribution in [0, 0.1) is 17.6 Å². The van der Waals surface area contributed by atoms with Gasteiger partial charge in [0, 0.05) is 51.9 Å². The van der Waals surface area contributed by atoms with E-state index in [-0.39, 0.29) is 29.2 Å². The maximum atomic E-state index is 14.4. The van der Waals surface area contributed by atoms with Crippen LogP contribution in [0.4, 0.5) is 25.0 Å². The molecule has 3 rings (SSSR count). The van der Waals surface area contributed by atoms with Crippen molar-refractivity contribution in [1.82, 2.24) is 9.80 Å². The van der Waals surface area contributed by atoms with Crippen molar-refractivity contribution in [3.8, 4) is 0 Å². The van der Waals surface area contributed by atoms with Gasteiger partial charge in [0.1, 0.15) is 5.69 Å². The molecule has 0 atom stereocenters. The monoisotopic (exact) mass is 380 g/mol. The molecule has 2 fully saturated rings. The summed E-state index contributed by atoms with van der Waals surface area (Å²) in [7, 11) is 3.38. The number of amides is 3. The smallest absolute Gasteiger partial charge is 0.319 e. The average molecular weight is 380 g/mol. The van der Waals surface area contributed by atoms with E-state index in [1.807, 2.05) is 0 Å². The summed E-state index contributed by atoms with van der Waals surface area (Å²) in [5, 5.41) is 2.63. The van der Waals surface area contributed by atoms with E-state index < -0.39 is 11.6 Å². The fourth-order valence-electron chi connectivity index (χ4n) is 3.74. The zero-order valence-corrected chi connectivity index (χ0v) is 15.8. The van der Waals surface area contributed by atoms with Crippen LogP contribution in [-0.4, -0.2) is 62.0 Å². The molecule has 1 N–H and O–H groups in total. The Bertz CT molecular complexity index is 689. The lowest BCUT2D eigenvalue weighted by molar-refractivity contribution is -0.121. The van der Waals surface area contributed by atoms with E-state index in [2.05, 4.69) is 5.32 Å². The van der Waals surface area contributed by atoms with Crippen molar-refractivity contribution in [2.75, 3.05) is 50.5 Å². The summed E-state index contributed by atoms with van der Waals surface area (Å²) in [6, 6.07) is 2.29. The van der Waals surface area contributed by atoms with Crippen LogP contribution in [0.5, 0.6) is 0 Å². The van der Waals surface area contributed by atoms with E-state index in [9.17, 15) is 18.4 Å². The molecule has 1 aromatic carbocycles. The summed E-state index contributed by atoms with van der Waals surface area (Å²) in [4.78, 5) is 29.3. The summed E-state index contributed by atoms with van der Waals surface area (Å²) in [5.41, 5.74) is 0.116. The second kappa shape index (κ2) is 8.10. The van der Waals surface area contributed by atoms with E-state index >= 15 is 0 Å². The second-order valence-corrected chi connectivity index (χ2v) is 7.41. The molecule has 2 heterocycles. The van der Waals surface area contributed by atoms with Gasteiger partial charge in [-0.2, -0.15) is 0 Å². The van der Waals surface area contributed by atoms with Gasteiger partial charge in [-0.3, -0.25) is 4.79 Å². The number of carbonyl (C=O) groups excluding carboxylic acids is 2. The molecule has 0 spiro atoms. The highest BCUT2D eigenvalue weighted by atomic mass is 19.1. The number of hydrogen-bond donors (Lipinski definition) is 1. The maximum absolute atomic E-state index is 14.4. The topological polar surface area (TPSA) is 55.9 Å². The van der Waals surface area contributed by atoms with Crippen LogP contribution in [0.15, 0.2) is 12.1 Å². The van der Waals surface area contributed by atoms with Gasteiger partial charge in [-0.25, -0.2) is 13.6 Å². The van der Waals surface area contributed by atoms with Crippen LogP contribution in [-0.2, 0) is 4.79 Å². The Labute approximate surface area is 158 Å². The Balaban J connectivity index is 1.61. The molecule has 6 nitrogen and oxygen atoms in total. The van der Waals surface area contributed by atoms with Gasteiger partial charge in [0.15, 0.2) is 11.6 Å². The maximum Gasteiger partial charge on any atom is 0.319 e. The highest BCUT2D eigenvalue weighted by molar-refractivity contribution is 5.93. The van der Waals surface area contributed by atoms with Crippen molar-refractivity contribution in [1.29, 1.82) is 0 Å². The molecule has 0 unspecified atom stereocenters. The van der Waals surface area contributed by atoms with Crippen molar-refractivity contribution in [3.63, 3.8) is 0 Å². The summed E-state index contributed by atoms with van der Waals surface area (Å²) < 4.78 is 28.8. The molecular formula is C19H26F2N4O2. The summed E-state index contributed by atoms with van der Waals surface area (Å²) in [6.45, 7) is 2.27. The number of halogens is 2. The van der Waals surface area contributed by atoms with Crippen molar-refractivity contribution in [3.05, 3.63) is 23.8 Å². The number of hydrogen-bond acceptors (Lipinski definition) is 3. The molecule has 0 aliphatic carbocycles. The molecule has 0 saturated carbocycles. The minimum atomic E-state index is -0.654. The molecular weight excluding hydrogens is 354 g/mol. The molecule has 1 aromatic rings. The highest BCUT2D eigenvalue weighted by Crippen LogP contribution is 2.30. The Hall–Kier alpha value is -2.38. The number of likely N-dealkylation sites (tertiary alicyclic amines) is 1. The van der Waals surface area contributed by atoms with Crippen molar-refractivity contribution in [2.24, 2.45) is 5.92 Å². The lowest BCUT2D eigenvalue weighted by atomic mass is 9.96. The normalized spacial score (nSPS) is 17.9. The lowest BCUT2D eigenvalue weighted by Gasteiger charge is -2.33. The molecule has 27 heavy (non-hydrogen) atoms. The third-order valence-corrected chi connectivity index (χ3v) is 5.23. The average Bonchev–Trinajstić information content (AvgIpc) is 3.14. The number of urea groups is 1. The number of benzene rings is 1. The van der Waals surface area contributed by atoms with Gasteiger partial charge in [0.05, 0.1) is 0 Å². The van der Waals surface area contributed by atoms with E-state index in [4.69, 9.17) is 0 Å². The van der Waals surface area contributed by atoms with E-state index in [1.165, 1.54) is 17.0 Å². The first kappa shape index (κ1) is 19.4. The number of rotatable bonds is 3. The molecule has 0 aromatic heterocycles. The molecule has 2 saturated heterocycles. The van der Waals surface area contributed by atoms with Gasteiger partial charge in [0.2, 0.25) is 5.91 Å². The predicted molar refractivity (Wildman–Crippen MR) is 99.8 cm³/mol. The summed E-state index contributed by atoms with van der Waals surface area (Å²) >= 11 is 0. The van der Waals surface area contributed by atoms with Crippen LogP contribution in [0.1, 0.15) is 25.7 Å². The standard InChI is InChI=1S/C19H26F2N4O2/c1-23(2)19(27)25-9-5-13(6-10-25)18(26)22-14-11-15(20)17(16(21)12-14)24-7-3-4-8-24/h11-13H,3-10H2,1-2H3,(H,22,26). The molecule has 2 aliphatic heterocycles. The zero-order valence-electron chi connectivity index (χ0n) is 15.8. The second-order valence-electron chi connectivity index (χ2n) is 7.41. The number of anilines is 2. The number of nitrogens with one attached hydrogen (secondary N) is 1. The van der Waals surface area contributed by atoms with Crippen LogP contribution >= 0.6 is 0 Å². The van der Waals surface area contributed by atoms with Gasteiger partial charge in [-0.05, 0) is 37.8 Å². The van der Waals surface area contributed by atoms with Crippen LogP contribution in [0.2, 0.25) is 0 Å². The van der Waals surface area contributed by atoms with Gasteiger partial charge in [-0.15, -0.1) is 0 Å². The minimum Gasteiger partial charge on any atom is -0.367 e. The van der Waals surface area contributed by atoms with Crippen molar-refractivity contribution < 1.29 is 18.4 Å². The van der Waals surface area contributed by atoms with Gasteiger partial charge in [-0.1, -0.05) is 0 Å². The van der Waals surface area contributed by atoms with Crippen LogP contribution in [0.3, 0.4) is 0 Å². The molecule has 0 radical (unpaired) electrons. The lowest BCUT2D eigenvalue weighted by Crippen LogP contribution is -2.45. The van der Waals surface area contributed by atoms with E-state index in [0.29, 0.717) is 39.0 Å². The molecule has 0 bridgehead atoms. The first-order valence-corrected chi connectivity index (χ1v) is 9.38. The quantitative estimate of drug-likeness (QED) is 0.877. The summed E-state index contributed by atoms with van der Waals surface area (Å²) in [5.74, 6) is -1.85. The third-order valence-electron chi connectivity index (χ3n) is 5.23.